The normalized spacial score (nSPS) is 13.5. The van der Waals surface area contributed by atoms with Gasteiger partial charge in [-0.3, -0.25) is 9.36 Å². The van der Waals surface area contributed by atoms with Gasteiger partial charge in [-0.15, -0.1) is 0 Å². The van der Waals surface area contributed by atoms with Gasteiger partial charge in [0.25, 0.3) is 0 Å². The smallest absolute Gasteiger partial charge is 0.338 e. The van der Waals surface area contributed by atoms with Gasteiger partial charge in [-0.05, 0) is 13.3 Å². The van der Waals surface area contributed by atoms with E-state index in [1.807, 2.05) is 0 Å². The highest BCUT2D eigenvalue weighted by molar-refractivity contribution is 7.52. The lowest BCUT2D eigenvalue weighted by Gasteiger charge is -2.17. The number of nitrogens with one attached hydrogen (secondary N) is 1. The Balaban J connectivity index is 4.40. The SMILES string of the molecule is C=C(C)C(=O)NC(CC)P(=O)(O)O. The Morgan fingerprint density at radius 3 is 2.31 bits per heavy atom. The molecule has 0 saturated carbocycles. The van der Waals surface area contributed by atoms with Crippen LogP contribution in [0.3, 0.4) is 0 Å². The van der Waals surface area contributed by atoms with Crippen LogP contribution in [-0.4, -0.2) is 21.5 Å². The predicted molar refractivity (Wildman–Crippen MR) is 49.1 cm³/mol. The van der Waals surface area contributed by atoms with Gasteiger partial charge in [-0.2, -0.15) is 0 Å². The zero-order valence-corrected chi connectivity index (χ0v) is 8.54. The molecule has 0 fully saturated rings. The van der Waals surface area contributed by atoms with Crippen LogP contribution in [0.15, 0.2) is 12.2 Å². The maximum atomic E-state index is 11.0. The summed E-state index contributed by atoms with van der Waals surface area (Å²) in [6.45, 7) is 6.42. The Bertz CT molecular complexity index is 257. The zero-order valence-electron chi connectivity index (χ0n) is 7.65. The second-order valence-electron chi connectivity index (χ2n) is 2.77. The summed E-state index contributed by atoms with van der Waals surface area (Å²) >= 11 is 0. The van der Waals surface area contributed by atoms with E-state index in [1.165, 1.54) is 6.92 Å². The minimum atomic E-state index is -4.24. The molecule has 1 amide bonds. The van der Waals surface area contributed by atoms with Crippen molar-refractivity contribution in [2.45, 2.75) is 26.1 Å². The maximum Gasteiger partial charge on any atom is 0.347 e. The molecule has 13 heavy (non-hydrogen) atoms. The van der Waals surface area contributed by atoms with Gasteiger partial charge in [-0.25, -0.2) is 0 Å². The standard InChI is InChI=1S/C7H14NO4P/c1-4-6(13(10,11)12)8-7(9)5(2)3/h6H,2,4H2,1,3H3,(H,8,9)(H2,10,11,12). The predicted octanol–water partition coefficient (Wildman–Crippen LogP) is 0.592. The molecule has 0 aliphatic rings. The van der Waals surface area contributed by atoms with E-state index >= 15 is 0 Å². The molecule has 5 nitrogen and oxygen atoms in total. The van der Waals surface area contributed by atoms with Gasteiger partial charge in [0.1, 0.15) is 5.78 Å². The fourth-order valence-corrected chi connectivity index (χ4v) is 1.46. The minimum Gasteiger partial charge on any atom is -0.338 e. The summed E-state index contributed by atoms with van der Waals surface area (Å²) in [7, 11) is -4.24. The molecule has 0 heterocycles. The first kappa shape index (κ1) is 12.4. The van der Waals surface area contributed by atoms with Gasteiger partial charge < -0.3 is 15.1 Å². The van der Waals surface area contributed by atoms with E-state index in [1.54, 1.807) is 6.92 Å². The molecule has 0 rings (SSSR count). The summed E-state index contributed by atoms with van der Waals surface area (Å²) in [6.07, 6.45) is 0.184. The van der Waals surface area contributed by atoms with Crippen LogP contribution in [-0.2, 0) is 9.36 Å². The molecule has 0 aliphatic carbocycles. The Morgan fingerprint density at radius 1 is 1.62 bits per heavy atom. The molecule has 0 aromatic carbocycles. The summed E-state index contributed by atoms with van der Waals surface area (Å²) in [4.78, 5) is 28.6. The molecule has 1 unspecified atom stereocenters. The van der Waals surface area contributed by atoms with E-state index in [-0.39, 0.29) is 12.0 Å². The lowest BCUT2D eigenvalue weighted by Crippen LogP contribution is -2.34. The van der Waals surface area contributed by atoms with Crippen molar-refractivity contribution in [3.63, 3.8) is 0 Å². The van der Waals surface area contributed by atoms with Crippen LogP contribution < -0.4 is 5.32 Å². The van der Waals surface area contributed by atoms with E-state index < -0.39 is 19.3 Å². The molecular formula is C7H14NO4P. The number of carbonyl (C=O) groups is 1. The second kappa shape index (κ2) is 4.56. The highest BCUT2D eigenvalue weighted by Gasteiger charge is 2.28. The van der Waals surface area contributed by atoms with Crippen LogP contribution in [0, 0.1) is 0 Å². The lowest BCUT2D eigenvalue weighted by molar-refractivity contribution is -0.117. The van der Waals surface area contributed by atoms with Gasteiger partial charge >= 0.3 is 7.60 Å². The summed E-state index contributed by atoms with van der Waals surface area (Å²) in [6, 6.07) is 0. The molecule has 0 radical (unpaired) electrons. The summed E-state index contributed by atoms with van der Waals surface area (Å²) in [5, 5.41) is 2.20. The van der Waals surface area contributed by atoms with Crippen molar-refractivity contribution in [3.05, 3.63) is 12.2 Å². The summed E-state index contributed by atoms with van der Waals surface area (Å²) in [5.74, 6) is -1.65. The van der Waals surface area contributed by atoms with Gasteiger partial charge in [0, 0.05) is 5.57 Å². The Hall–Kier alpha value is -0.640. The van der Waals surface area contributed by atoms with E-state index in [9.17, 15) is 9.36 Å². The van der Waals surface area contributed by atoms with E-state index in [0.29, 0.717) is 0 Å². The molecule has 0 saturated heterocycles. The summed E-state index contributed by atoms with van der Waals surface area (Å²) < 4.78 is 10.8. The Labute approximate surface area is 77.0 Å². The summed E-state index contributed by atoms with van der Waals surface area (Å²) in [5.41, 5.74) is 0.229. The minimum absolute atomic E-state index is 0.184. The van der Waals surface area contributed by atoms with Crippen molar-refractivity contribution < 1.29 is 19.1 Å². The number of hydrogen-bond donors (Lipinski definition) is 3. The molecule has 0 aromatic heterocycles. The number of amides is 1. The quantitative estimate of drug-likeness (QED) is 0.465. The van der Waals surface area contributed by atoms with Crippen LogP contribution in [0.5, 0.6) is 0 Å². The van der Waals surface area contributed by atoms with Crippen LogP contribution in [0.2, 0.25) is 0 Å². The van der Waals surface area contributed by atoms with Crippen LogP contribution in [0.25, 0.3) is 0 Å². The van der Waals surface area contributed by atoms with Crippen LogP contribution in [0.4, 0.5) is 0 Å². The highest BCUT2D eigenvalue weighted by Crippen LogP contribution is 2.41. The first-order valence-electron chi connectivity index (χ1n) is 3.80. The fourth-order valence-electron chi connectivity index (χ4n) is 0.699. The number of rotatable bonds is 4. The second-order valence-corrected chi connectivity index (χ2v) is 4.57. The molecule has 3 N–H and O–H groups in total. The van der Waals surface area contributed by atoms with Gasteiger partial charge in [0.05, 0.1) is 0 Å². The van der Waals surface area contributed by atoms with Crippen molar-refractivity contribution in [2.75, 3.05) is 0 Å². The first-order valence-corrected chi connectivity index (χ1v) is 5.48. The largest absolute Gasteiger partial charge is 0.347 e. The third-order valence-electron chi connectivity index (χ3n) is 1.48. The highest BCUT2D eigenvalue weighted by atomic mass is 31.2. The molecule has 0 aromatic rings. The van der Waals surface area contributed by atoms with Crippen molar-refractivity contribution in [3.8, 4) is 0 Å². The van der Waals surface area contributed by atoms with Crippen molar-refractivity contribution in [1.29, 1.82) is 0 Å². The van der Waals surface area contributed by atoms with E-state index in [0.717, 1.165) is 0 Å². The molecule has 1 atom stereocenters. The maximum absolute atomic E-state index is 11.0. The average molecular weight is 207 g/mol. The van der Waals surface area contributed by atoms with Crippen LogP contribution in [0.1, 0.15) is 20.3 Å². The monoisotopic (exact) mass is 207 g/mol. The Kier molecular flexibility index (Phi) is 4.33. The topological polar surface area (TPSA) is 86.6 Å². The molecular weight excluding hydrogens is 193 g/mol. The van der Waals surface area contributed by atoms with Crippen LogP contribution >= 0.6 is 7.60 Å². The molecule has 6 heteroatoms. The Morgan fingerprint density at radius 2 is 2.08 bits per heavy atom. The van der Waals surface area contributed by atoms with E-state index in [2.05, 4.69) is 11.9 Å². The third kappa shape index (κ3) is 4.22. The zero-order chi connectivity index (χ0) is 10.6. The van der Waals surface area contributed by atoms with Gasteiger partial charge in [0.2, 0.25) is 5.91 Å². The number of carbonyl (C=O) groups excluding carboxylic acids is 1. The van der Waals surface area contributed by atoms with Gasteiger partial charge in [-0.1, -0.05) is 13.5 Å². The number of hydrogen-bond acceptors (Lipinski definition) is 2. The van der Waals surface area contributed by atoms with Gasteiger partial charge in [0.15, 0.2) is 0 Å². The van der Waals surface area contributed by atoms with Crippen molar-refractivity contribution >= 4 is 13.5 Å². The third-order valence-corrected chi connectivity index (χ3v) is 2.78. The molecule has 0 bridgehead atoms. The van der Waals surface area contributed by atoms with E-state index in [4.69, 9.17) is 9.79 Å². The average Bonchev–Trinajstić information content (AvgIpc) is 1.96. The molecule has 76 valence electrons. The molecule has 0 aliphatic heterocycles. The first-order chi connectivity index (χ1) is 5.79. The van der Waals surface area contributed by atoms with Crippen molar-refractivity contribution in [1.82, 2.24) is 5.32 Å². The van der Waals surface area contributed by atoms with Crippen molar-refractivity contribution in [2.24, 2.45) is 0 Å². The molecule has 0 spiro atoms. The fraction of sp³-hybridized carbons (Fsp3) is 0.571. The lowest BCUT2D eigenvalue weighted by atomic mass is 10.3.